The number of halogens is 1. The van der Waals surface area contributed by atoms with E-state index in [0.717, 1.165) is 0 Å². The van der Waals surface area contributed by atoms with E-state index in [9.17, 15) is 4.79 Å². The molecule has 0 radical (unpaired) electrons. The van der Waals surface area contributed by atoms with Gasteiger partial charge in [-0.25, -0.2) is 0 Å². The SMILES string of the molecule is CC(=O)O[C@@H]1[C@@H](N=[N+]=[N-])C[C@H](Cl)O[C@H]1C. The highest BCUT2D eigenvalue weighted by molar-refractivity contribution is 6.19. The maximum absolute atomic E-state index is 10.8. The van der Waals surface area contributed by atoms with Crippen molar-refractivity contribution in [3.05, 3.63) is 10.4 Å². The van der Waals surface area contributed by atoms with Crippen molar-refractivity contribution in [1.82, 2.24) is 0 Å². The second-order valence-corrected chi connectivity index (χ2v) is 3.82. The predicted molar refractivity (Wildman–Crippen MR) is 53.3 cm³/mol. The quantitative estimate of drug-likeness (QED) is 0.240. The van der Waals surface area contributed by atoms with Gasteiger partial charge in [-0.15, -0.1) is 0 Å². The van der Waals surface area contributed by atoms with Gasteiger partial charge in [0.25, 0.3) is 0 Å². The average molecular weight is 234 g/mol. The monoisotopic (exact) mass is 233 g/mol. The van der Waals surface area contributed by atoms with E-state index < -0.39 is 23.7 Å². The summed E-state index contributed by atoms with van der Waals surface area (Å²) in [6.07, 6.45) is -0.595. The van der Waals surface area contributed by atoms with Gasteiger partial charge < -0.3 is 9.47 Å². The maximum Gasteiger partial charge on any atom is 0.303 e. The van der Waals surface area contributed by atoms with Crippen molar-refractivity contribution in [3.63, 3.8) is 0 Å². The van der Waals surface area contributed by atoms with E-state index >= 15 is 0 Å². The van der Waals surface area contributed by atoms with E-state index in [1.165, 1.54) is 6.92 Å². The second-order valence-electron chi connectivity index (χ2n) is 3.33. The zero-order valence-electron chi connectivity index (χ0n) is 8.46. The van der Waals surface area contributed by atoms with Crippen molar-refractivity contribution in [2.45, 2.75) is 44.1 Å². The van der Waals surface area contributed by atoms with Gasteiger partial charge in [0.2, 0.25) is 0 Å². The number of alkyl halides is 1. The minimum Gasteiger partial charge on any atom is -0.459 e. The lowest BCUT2D eigenvalue weighted by molar-refractivity contribution is -0.164. The summed E-state index contributed by atoms with van der Waals surface area (Å²) < 4.78 is 10.3. The highest BCUT2D eigenvalue weighted by Crippen LogP contribution is 2.27. The molecule has 4 atom stereocenters. The number of carbonyl (C=O) groups is 1. The van der Waals surface area contributed by atoms with Gasteiger partial charge in [0.15, 0.2) is 0 Å². The van der Waals surface area contributed by atoms with Gasteiger partial charge >= 0.3 is 5.97 Å². The molecular formula is C8H12ClN3O3. The predicted octanol–water partition coefficient (Wildman–Crippen LogP) is 1.97. The molecule has 1 fully saturated rings. The summed E-state index contributed by atoms with van der Waals surface area (Å²) in [5.41, 5.74) is 7.87. The normalized spacial score (nSPS) is 35.4. The summed E-state index contributed by atoms with van der Waals surface area (Å²) in [6.45, 7) is 3.02. The van der Waals surface area contributed by atoms with Crippen molar-refractivity contribution in [2.75, 3.05) is 0 Å². The first-order valence-electron chi connectivity index (χ1n) is 4.55. The summed E-state index contributed by atoms with van der Waals surface area (Å²) in [4.78, 5) is 13.5. The van der Waals surface area contributed by atoms with Crippen LogP contribution in [0.2, 0.25) is 0 Å². The third kappa shape index (κ3) is 3.27. The molecule has 1 aliphatic rings. The summed E-state index contributed by atoms with van der Waals surface area (Å²) in [7, 11) is 0. The van der Waals surface area contributed by atoms with Gasteiger partial charge in [0.1, 0.15) is 11.7 Å². The fourth-order valence-electron chi connectivity index (χ4n) is 1.55. The van der Waals surface area contributed by atoms with Crippen LogP contribution < -0.4 is 0 Å². The van der Waals surface area contributed by atoms with Crippen molar-refractivity contribution in [1.29, 1.82) is 0 Å². The van der Waals surface area contributed by atoms with Crippen molar-refractivity contribution < 1.29 is 14.3 Å². The number of hydrogen-bond donors (Lipinski definition) is 0. The van der Waals surface area contributed by atoms with Crippen molar-refractivity contribution in [2.24, 2.45) is 5.11 Å². The fraction of sp³-hybridized carbons (Fsp3) is 0.875. The largest absolute Gasteiger partial charge is 0.459 e. The Labute approximate surface area is 92.1 Å². The molecule has 1 aliphatic heterocycles. The lowest BCUT2D eigenvalue weighted by atomic mass is 10.0. The van der Waals surface area contributed by atoms with Crippen molar-refractivity contribution in [3.8, 4) is 0 Å². The van der Waals surface area contributed by atoms with Crippen LogP contribution in [0.4, 0.5) is 0 Å². The highest BCUT2D eigenvalue weighted by Gasteiger charge is 2.37. The Balaban J connectivity index is 2.76. The van der Waals surface area contributed by atoms with Crippen molar-refractivity contribution >= 4 is 17.6 Å². The Bertz CT molecular complexity index is 293. The van der Waals surface area contributed by atoms with Crippen LogP contribution in [0, 0.1) is 0 Å². The van der Waals surface area contributed by atoms with Crippen LogP contribution in [0.15, 0.2) is 5.11 Å². The van der Waals surface area contributed by atoms with Crippen LogP contribution in [0.1, 0.15) is 20.3 Å². The zero-order chi connectivity index (χ0) is 11.4. The van der Waals surface area contributed by atoms with Crippen LogP contribution in [0.5, 0.6) is 0 Å². The number of ether oxygens (including phenoxy) is 2. The summed E-state index contributed by atoms with van der Waals surface area (Å²) in [5.74, 6) is -0.429. The van der Waals surface area contributed by atoms with Gasteiger partial charge in [0.05, 0.1) is 12.1 Å². The number of rotatable bonds is 2. The van der Waals surface area contributed by atoms with E-state index in [1.54, 1.807) is 6.92 Å². The molecule has 1 heterocycles. The lowest BCUT2D eigenvalue weighted by Gasteiger charge is -2.35. The molecule has 0 aromatic rings. The van der Waals surface area contributed by atoms with Crippen LogP contribution >= 0.6 is 11.6 Å². The van der Waals surface area contributed by atoms with Gasteiger partial charge in [-0.3, -0.25) is 4.79 Å². The fourth-order valence-corrected chi connectivity index (χ4v) is 1.89. The number of nitrogens with zero attached hydrogens (tertiary/aromatic N) is 3. The molecule has 0 amide bonds. The van der Waals surface area contributed by atoms with Crippen LogP contribution in [0.25, 0.3) is 10.4 Å². The van der Waals surface area contributed by atoms with E-state index in [1.807, 2.05) is 0 Å². The summed E-state index contributed by atoms with van der Waals surface area (Å²) >= 11 is 5.80. The number of azide groups is 1. The van der Waals surface area contributed by atoms with E-state index in [-0.39, 0.29) is 6.10 Å². The third-order valence-corrected chi connectivity index (χ3v) is 2.41. The Morgan fingerprint density at radius 1 is 1.73 bits per heavy atom. The zero-order valence-corrected chi connectivity index (χ0v) is 9.22. The van der Waals surface area contributed by atoms with E-state index in [4.69, 9.17) is 26.6 Å². The van der Waals surface area contributed by atoms with Gasteiger partial charge in [-0.2, -0.15) is 0 Å². The van der Waals surface area contributed by atoms with Crippen LogP contribution in [-0.2, 0) is 14.3 Å². The van der Waals surface area contributed by atoms with Gasteiger partial charge in [-0.1, -0.05) is 16.7 Å². The second kappa shape index (κ2) is 5.21. The van der Waals surface area contributed by atoms with Crippen LogP contribution in [0.3, 0.4) is 0 Å². The summed E-state index contributed by atoms with van der Waals surface area (Å²) in [6, 6.07) is -0.467. The standard InChI is InChI=1S/C8H12ClN3O3/c1-4-8(15-5(2)13)6(11-12-10)3-7(9)14-4/h4,6-8H,3H2,1-2H3/t4-,6-,7+,8-/m0/s1. The van der Waals surface area contributed by atoms with E-state index in [0.29, 0.717) is 6.42 Å². The first-order chi connectivity index (χ1) is 7.04. The molecule has 0 aromatic carbocycles. The Kier molecular flexibility index (Phi) is 4.20. The number of esters is 1. The molecule has 0 aliphatic carbocycles. The molecule has 0 unspecified atom stereocenters. The smallest absolute Gasteiger partial charge is 0.303 e. The minimum absolute atomic E-state index is 0.341. The molecule has 84 valence electrons. The molecule has 1 saturated heterocycles. The average Bonchev–Trinajstić information content (AvgIpc) is 2.11. The maximum atomic E-state index is 10.8. The molecule has 0 saturated carbocycles. The topological polar surface area (TPSA) is 84.3 Å². The Morgan fingerprint density at radius 2 is 2.40 bits per heavy atom. The third-order valence-electron chi connectivity index (χ3n) is 2.13. The molecule has 0 aromatic heterocycles. The number of hydrogen-bond acceptors (Lipinski definition) is 4. The molecular weight excluding hydrogens is 222 g/mol. The lowest BCUT2D eigenvalue weighted by Crippen LogP contribution is -2.46. The summed E-state index contributed by atoms with van der Waals surface area (Å²) in [5, 5.41) is 3.56. The van der Waals surface area contributed by atoms with Gasteiger partial charge in [0, 0.05) is 11.8 Å². The molecule has 7 heteroatoms. The molecule has 0 spiro atoms. The van der Waals surface area contributed by atoms with Gasteiger partial charge in [-0.05, 0) is 18.9 Å². The molecule has 0 N–H and O–H groups in total. The first-order valence-corrected chi connectivity index (χ1v) is 4.99. The molecule has 0 bridgehead atoms. The Hall–Kier alpha value is -0.970. The first kappa shape index (κ1) is 12.1. The molecule has 15 heavy (non-hydrogen) atoms. The Morgan fingerprint density at radius 3 is 2.93 bits per heavy atom. The minimum atomic E-state index is -0.562. The van der Waals surface area contributed by atoms with E-state index in [2.05, 4.69) is 10.0 Å². The highest BCUT2D eigenvalue weighted by atomic mass is 35.5. The molecule has 6 nitrogen and oxygen atoms in total. The number of carbonyl (C=O) groups excluding carboxylic acids is 1. The van der Waals surface area contributed by atoms with Crippen LogP contribution in [-0.4, -0.2) is 29.8 Å². The molecule has 1 rings (SSSR count).